The van der Waals surface area contributed by atoms with Gasteiger partial charge in [-0.1, -0.05) is 0 Å². The number of aryl methyl sites for hydroxylation is 1. The Morgan fingerprint density at radius 2 is 2.29 bits per heavy atom. The zero-order valence-corrected chi connectivity index (χ0v) is 9.07. The van der Waals surface area contributed by atoms with Crippen molar-refractivity contribution in [3.8, 4) is 0 Å². The number of ether oxygens (including phenoxy) is 1. The molecule has 0 saturated heterocycles. The van der Waals surface area contributed by atoms with E-state index in [2.05, 4.69) is 5.10 Å². The van der Waals surface area contributed by atoms with Gasteiger partial charge in [0.25, 0.3) is 0 Å². The Hall–Kier alpha value is -1.16. The molecule has 4 heteroatoms. The van der Waals surface area contributed by atoms with Crippen molar-refractivity contribution >= 4 is 5.78 Å². The Bertz CT molecular complexity index is 329. The lowest BCUT2D eigenvalue weighted by Gasteiger charge is -2.21. The number of methoxy groups -OCH3 is 1. The van der Waals surface area contributed by atoms with Crippen LogP contribution in [0.5, 0.6) is 0 Å². The number of ketones is 1. The summed E-state index contributed by atoms with van der Waals surface area (Å²) in [6, 6.07) is 1.71. The molecule has 14 heavy (non-hydrogen) atoms. The average Bonchev–Trinajstić information content (AvgIpc) is 2.64. The van der Waals surface area contributed by atoms with E-state index in [0.717, 1.165) is 0 Å². The number of carbonyl (C=O) groups excluding carboxylic acids is 1. The molecule has 1 heterocycles. The van der Waals surface area contributed by atoms with Crippen molar-refractivity contribution in [2.45, 2.75) is 32.9 Å². The van der Waals surface area contributed by atoms with Crippen molar-refractivity contribution in [1.82, 2.24) is 9.78 Å². The van der Waals surface area contributed by atoms with Crippen LogP contribution in [0.4, 0.5) is 0 Å². The van der Waals surface area contributed by atoms with Gasteiger partial charge in [-0.05, 0) is 26.8 Å². The molecule has 1 aromatic rings. The number of nitrogens with zero attached hydrogens (tertiary/aromatic N) is 2. The van der Waals surface area contributed by atoms with Crippen LogP contribution >= 0.6 is 0 Å². The van der Waals surface area contributed by atoms with Crippen LogP contribution in [-0.4, -0.2) is 28.3 Å². The van der Waals surface area contributed by atoms with Gasteiger partial charge >= 0.3 is 0 Å². The Morgan fingerprint density at radius 1 is 1.64 bits per heavy atom. The summed E-state index contributed by atoms with van der Waals surface area (Å²) in [4.78, 5) is 12.0. The third-order valence-corrected chi connectivity index (χ3v) is 2.31. The highest BCUT2D eigenvalue weighted by Gasteiger charge is 2.30. The fourth-order valence-electron chi connectivity index (χ4n) is 1.18. The van der Waals surface area contributed by atoms with Crippen LogP contribution in [0.15, 0.2) is 12.3 Å². The molecule has 0 N–H and O–H groups in total. The Labute approximate surface area is 83.9 Å². The molecule has 0 spiro atoms. The van der Waals surface area contributed by atoms with E-state index in [9.17, 15) is 4.79 Å². The van der Waals surface area contributed by atoms with Crippen molar-refractivity contribution in [2.75, 3.05) is 7.11 Å². The predicted octanol–water partition coefficient (Wildman–Crippen LogP) is 1.51. The normalized spacial score (nSPS) is 11.7. The molecular weight excluding hydrogens is 180 g/mol. The fraction of sp³-hybridized carbons (Fsp3) is 0.600. The maximum atomic E-state index is 12.0. The number of rotatable bonds is 4. The Balaban J connectivity index is 3.00. The first-order valence-corrected chi connectivity index (χ1v) is 4.64. The van der Waals surface area contributed by atoms with E-state index >= 15 is 0 Å². The molecule has 0 aromatic carbocycles. The van der Waals surface area contributed by atoms with Gasteiger partial charge in [0.2, 0.25) is 5.78 Å². The first kappa shape index (κ1) is 10.9. The molecule has 4 nitrogen and oxygen atoms in total. The molecule has 1 rings (SSSR count). The molecule has 0 bridgehead atoms. The smallest absolute Gasteiger partial charge is 0.211 e. The molecule has 0 fully saturated rings. The zero-order chi connectivity index (χ0) is 10.8. The van der Waals surface area contributed by atoms with Crippen molar-refractivity contribution in [3.63, 3.8) is 0 Å². The van der Waals surface area contributed by atoms with Gasteiger partial charge in [-0.25, -0.2) is 0 Å². The van der Waals surface area contributed by atoms with Crippen LogP contribution in [0.3, 0.4) is 0 Å². The maximum absolute atomic E-state index is 12.0. The topological polar surface area (TPSA) is 44.1 Å². The highest BCUT2D eigenvalue weighted by atomic mass is 16.5. The van der Waals surface area contributed by atoms with Crippen molar-refractivity contribution in [3.05, 3.63) is 18.0 Å². The van der Waals surface area contributed by atoms with Crippen LogP contribution in [0.25, 0.3) is 0 Å². The molecular formula is C10H16N2O2. The molecule has 0 aliphatic carbocycles. The molecule has 0 aliphatic heterocycles. The van der Waals surface area contributed by atoms with Gasteiger partial charge < -0.3 is 4.74 Å². The molecule has 0 unspecified atom stereocenters. The number of hydrogen-bond donors (Lipinski definition) is 0. The minimum absolute atomic E-state index is 0.0423. The summed E-state index contributed by atoms with van der Waals surface area (Å²) < 4.78 is 6.80. The lowest BCUT2D eigenvalue weighted by molar-refractivity contribution is 0.0219. The molecule has 1 aromatic heterocycles. The molecule has 0 saturated carbocycles. The van der Waals surface area contributed by atoms with E-state index in [0.29, 0.717) is 12.2 Å². The summed E-state index contributed by atoms with van der Waals surface area (Å²) in [5.41, 5.74) is -0.188. The van der Waals surface area contributed by atoms with Gasteiger partial charge in [-0.15, -0.1) is 0 Å². The van der Waals surface area contributed by atoms with E-state index < -0.39 is 5.60 Å². The average molecular weight is 196 g/mol. The van der Waals surface area contributed by atoms with Crippen LogP contribution < -0.4 is 0 Å². The molecule has 0 aliphatic rings. The zero-order valence-electron chi connectivity index (χ0n) is 9.07. The largest absolute Gasteiger partial charge is 0.371 e. The Morgan fingerprint density at radius 3 is 2.79 bits per heavy atom. The van der Waals surface area contributed by atoms with Gasteiger partial charge in [0.15, 0.2) is 0 Å². The summed E-state index contributed by atoms with van der Waals surface area (Å²) in [6.45, 7) is 6.14. The van der Waals surface area contributed by atoms with Crippen LogP contribution in [0.1, 0.15) is 31.3 Å². The molecule has 0 amide bonds. The maximum Gasteiger partial charge on any atom is 0.211 e. The SMILES string of the molecule is CCn1nccc1C(=O)C(C)(C)OC. The van der Waals surface area contributed by atoms with Gasteiger partial charge in [-0.2, -0.15) is 5.10 Å². The number of Topliss-reactive ketones (excluding diaryl/α,β-unsaturated/α-hetero) is 1. The summed E-state index contributed by atoms with van der Waals surface area (Å²) in [7, 11) is 1.53. The monoisotopic (exact) mass is 196 g/mol. The van der Waals surface area contributed by atoms with Crippen LogP contribution in [-0.2, 0) is 11.3 Å². The highest BCUT2D eigenvalue weighted by molar-refractivity contribution is 6.00. The summed E-state index contributed by atoms with van der Waals surface area (Å²) in [6.07, 6.45) is 1.63. The molecule has 0 radical (unpaired) electrons. The summed E-state index contributed by atoms with van der Waals surface area (Å²) in [5.74, 6) is -0.0423. The fourth-order valence-corrected chi connectivity index (χ4v) is 1.18. The number of hydrogen-bond acceptors (Lipinski definition) is 3. The minimum Gasteiger partial charge on any atom is -0.371 e. The van der Waals surface area contributed by atoms with Crippen molar-refractivity contribution < 1.29 is 9.53 Å². The van der Waals surface area contributed by atoms with E-state index in [1.54, 1.807) is 30.8 Å². The second-order valence-electron chi connectivity index (χ2n) is 3.58. The lowest BCUT2D eigenvalue weighted by Crippen LogP contribution is -2.35. The van der Waals surface area contributed by atoms with E-state index in [4.69, 9.17) is 4.74 Å². The Kier molecular flexibility index (Phi) is 3.06. The van der Waals surface area contributed by atoms with Crippen molar-refractivity contribution in [2.24, 2.45) is 0 Å². The van der Waals surface area contributed by atoms with Crippen molar-refractivity contribution in [1.29, 1.82) is 0 Å². The first-order chi connectivity index (χ1) is 6.53. The van der Waals surface area contributed by atoms with Crippen LogP contribution in [0.2, 0.25) is 0 Å². The third kappa shape index (κ3) is 1.85. The molecule has 78 valence electrons. The number of carbonyl (C=O) groups is 1. The highest BCUT2D eigenvalue weighted by Crippen LogP contribution is 2.15. The lowest BCUT2D eigenvalue weighted by atomic mass is 10.0. The second-order valence-corrected chi connectivity index (χ2v) is 3.58. The first-order valence-electron chi connectivity index (χ1n) is 4.64. The van der Waals surface area contributed by atoms with E-state index in [1.807, 2.05) is 6.92 Å². The quantitative estimate of drug-likeness (QED) is 0.686. The van der Waals surface area contributed by atoms with E-state index in [-0.39, 0.29) is 5.78 Å². The second kappa shape index (κ2) is 3.92. The summed E-state index contributed by atoms with van der Waals surface area (Å²) in [5, 5.41) is 4.04. The third-order valence-electron chi connectivity index (χ3n) is 2.31. The van der Waals surface area contributed by atoms with Gasteiger partial charge in [0.05, 0.1) is 0 Å². The van der Waals surface area contributed by atoms with E-state index in [1.165, 1.54) is 7.11 Å². The minimum atomic E-state index is -0.785. The van der Waals surface area contributed by atoms with Gasteiger partial charge in [-0.3, -0.25) is 9.48 Å². The molecule has 0 atom stereocenters. The van der Waals surface area contributed by atoms with Crippen LogP contribution in [0, 0.1) is 0 Å². The summed E-state index contributed by atoms with van der Waals surface area (Å²) >= 11 is 0. The van der Waals surface area contributed by atoms with Gasteiger partial charge in [0, 0.05) is 19.9 Å². The standard InChI is InChI=1S/C10H16N2O2/c1-5-12-8(6-7-11-12)9(13)10(2,3)14-4/h6-7H,5H2,1-4H3. The predicted molar refractivity (Wildman–Crippen MR) is 53.3 cm³/mol. The number of aromatic nitrogens is 2. The van der Waals surface area contributed by atoms with Gasteiger partial charge in [0.1, 0.15) is 11.3 Å².